The van der Waals surface area contributed by atoms with Crippen LogP contribution in [-0.2, 0) is 19.1 Å². The van der Waals surface area contributed by atoms with Gasteiger partial charge in [0.1, 0.15) is 0 Å². The topological polar surface area (TPSA) is 92.7 Å². The van der Waals surface area contributed by atoms with E-state index in [9.17, 15) is 14.4 Å². The smallest absolute Gasteiger partial charge is 0.377 e. The van der Waals surface area contributed by atoms with Crippen LogP contribution in [0.2, 0.25) is 0 Å². The van der Waals surface area contributed by atoms with Crippen LogP contribution in [0.5, 0.6) is 0 Å². The molecule has 6 heteroatoms. The number of carbonyl (C=O) groups excluding carboxylic acids is 3. The van der Waals surface area contributed by atoms with E-state index in [1.807, 2.05) is 0 Å². The molecule has 1 amide bonds. The maximum Gasteiger partial charge on any atom is 0.377 e. The Labute approximate surface area is 86.6 Å². The Hall–Kier alpha value is -1.43. The highest BCUT2D eigenvalue weighted by atomic mass is 16.6. The highest BCUT2D eigenvalue weighted by Gasteiger charge is 2.41. The summed E-state index contributed by atoms with van der Waals surface area (Å²) in [6, 6.07) is 0. The van der Waals surface area contributed by atoms with Gasteiger partial charge in [-0.25, -0.2) is 4.79 Å². The van der Waals surface area contributed by atoms with Crippen molar-refractivity contribution >= 4 is 17.7 Å². The molecule has 0 unspecified atom stereocenters. The Bertz CT molecular complexity index is 310. The van der Waals surface area contributed by atoms with Gasteiger partial charge >= 0.3 is 5.97 Å². The molecular formula is C9H13NO5. The second kappa shape index (κ2) is 3.98. The third kappa shape index (κ3) is 2.33. The first-order chi connectivity index (χ1) is 6.88. The van der Waals surface area contributed by atoms with Crippen LogP contribution in [0.3, 0.4) is 0 Å². The van der Waals surface area contributed by atoms with Gasteiger partial charge in [-0.1, -0.05) is 13.8 Å². The molecule has 15 heavy (non-hydrogen) atoms. The number of Topliss-reactive ketones (excluding diaryl/α,β-unsaturated/α-hetero) is 1. The molecule has 1 aliphatic heterocycles. The Morgan fingerprint density at radius 1 is 1.47 bits per heavy atom. The largest absolute Gasteiger partial charge is 0.446 e. The third-order valence-corrected chi connectivity index (χ3v) is 2.23. The molecule has 0 aromatic heterocycles. The molecular weight excluding hydrogens is 202 g/mol. The van der Waals surface area contributed by atoms with Crippen LogP contribution in [0.4, 0.5) is 0 Å². The van der Waals surface area contributed by atoms with E-state index in [2.05, 4.69) is 5.32 Å². The van der Waals surface area contributed by atoms with Crippen LogP contribution in [0, 0.1) is 5.41 Å². The fraction of sp³-hybridized carbons (Fsp3) is 0.667. The molecule has 1 heterocycles. The Balaban J connectivity index is 2.92. The van der Waals surface area contributed by atoms with Crippen molar-refractivity contribution in [1.82, 2.24) is 5.32 Å². The van der Waals surface area contributed by atoms with Crippen molar-refractivity contribution < 1.29 is 24.2 Å². The Morgan fingerprint density at radius 2 is 2.07 bits per heavy atom. The highest BCUT2D eigenvalue weighted by molar-refractivity contribution is 6.35. The number of ketones is 1. The lowest BCUT2D eigenvalue weighted by Crippen LogP contribution is -2.46. The number of nitrogens with one attached hydrogen (secondary N) is 1. The standard InChI is InChI=1S/C9H13NO5/c1-9(2,4-11)6-7(13)10-3-5(12)8(14)15-6/h6,11H,3-4H2,1-2H3,(H,10,13)/t6-/m0/s1. The first kappa shape index (κ1) is 11.6. The fourth-order valence-electron chi connectivity index (χ4n) is 1.16. The van der Waals surface area contributed by atoms with E-state index in [4.69, 9.17) is 9.84 Å². The number of esters is 1. The third-order valence-electron chi connectivity index (χ3n) is 2.23. The second-order valence-corrected chi connectivity index (χ2v) is 4.07. The van der Waals surface area contributed by atoms with Crippen LogP contribution in [0.1, 0.15) is 13.8 Å². The minimum Gasteiger partial charge on any atom is -0.446 e. The maximum absolute atomic E-state index is 11.5. The highest BCUT2D eigenvalue weighted by Crippen LogP contribution is 2.23. The zero-order valence-electron chi connectivity index (χ0n) is 8.57. The first-order valence-electron chi connectivity index (χ1n) is 4.51. The van der Waals surface area contributed by atoms with Crippen molar-refractivity contribution in [2.75, 3.05) is 13.2 Å². The van der Waals surface area contributed by atoms with Crippen molar-refractivity contribution in [2.45, 2.75) is 20.0 Å². The lowest BCUT2D eigenvalue weighted by atomic mass is 9.87. The molecule has 0 radical (unpaired) electrons. The molecule has 0 aromatic carbocycles. The molecule has 0 aromatic rings. The molecule has 0 spiro atoms. The van der Waals surface area contributed by atoms with Crippen molar-refractivity contribution in [2.24, 2.45) is 5.41 Å². The van der Waals surface area contributed by atoms with Crippen molar-refractivity contribution in [3.8, 4) is 0 Å². The van der Waals surface area contributed by atoms with Crippen LogP contribution < -0.4 is 5.32 Å². The van der Waals surface area contributed by atoms with E-state index in [0.29, 0.717) is 0 Å². The summed E-state index contributed by atoms with van der Waals surface area (Å²) in [7, 11) is 0. The van der Waals surface area contributed by atoms with Crippen molar-refractivity contribution in [1.29, 1.82) is 0 Å². The number of ether oxygens (including phenoxy) is 1. The number of aliphatic hydroxyl groups is 1. The molecule has 2 N–H and O–H groups in total. The van der Waals surface area contributed by atoms with Gasteiger partial charge < -0.3 is 15.2 Å². The maximum atomic E-state index is 11.5. The lowest BCUT2D eigenvalue weighted by Gasteiger charge is -2.28. The SMILES string of the molecule is CC(C)(CO)[C@H]1OC(=O)C(=O)CNC1=O. The molecule has 6 nitrogen and oxygen atoms in total. The summed E-state index contributed by atoms with van der Waals surface area (Å²) < 4.78 is 4.73. The van der Waals surface area contributed by atoms with E-state index in [0.717, 1.165) is 0 Å². The Kier molecular flexibility index (Phi) is 3.09. The molecule has 1 saturated heterocycles. The van der Waals surface area contributed by atoms with Gasteiger partial charge in [-0.15, -0.1) is 0 Å². The second-order valence-electron chi connectivity index (χ2n) is 4.07. The predicted octanol–water partition coefficient (Wildman–Crippen LogP) is -1.38. The summed E-state index contributed by atoms with van der Waals surface area (Å²) in [6.45, 7) is 2.46. The van der Waals surface area contributed by atoms with Crippen LogP contribution in [-0.4, -0.2) is 42.0 Å². The summed E-state index contributed by atoms with van der Waals surface area (Å²) in [5, 5.41) is 11.3. The Morgan fingerprint density at radius 3 is 2.60 bits per heavy atom. The number of rotatable bonds is 2. The number of cyclic esters (lactones) is 1. The molecule has 84 valence electrons. The summed E-state index contributed by atoms with van der Waals surface area (Å²) in [6.07, 6.45) is -1.14. The van der Waals surface area contributed by atoms with Gasteiger partial charge in [-0.3, -0.25) is 9.59 Å². The number of carbonyl (C=O) groups is 3. The average Bonchev–Trinajstić information content (AvgIpc) is 2.31. The van der Waals surface area contributed by atoms with E-state index in [1.165, 1.54) is 0 Å². The van der Waals surface area contributed by atoms with E-state index in [-0.39, 0.29) is 13.2 Å². The zero-order valence-corrected chi connectivity index (χ0v) is 8.57. The van der Waals surface area contributed by atoms with E-state index in [1.54, 1.807) is 13.8 Å². The van der Waals surface area contributed by atoms with E-state index >= 15 is 0 Å². The molecule has 0 bridgehead atoms. The monoisotopic (exact) mass is 215 g/mol. The number of hydrogen-bond donors (Lipinski definition) is 2. The number of amides is 1. The molecule has 1 aliphatic rings. The number of hydrogen-bond acceptors (Lipinski definition) is 5. The minimum atomic E-state index is -1.14. The van der Waals surface area contributed by atoms with Gasteiger partial charge in [-0.2, -0.15) is 0 Å². The minimum absolute atomic E-state index is 0.327. The fourth-order valence-corrected chi connectivity index (χ4v) is 1.16. The average molecular weight is 215 g/mol. The first-order valence-corrected chi connectivity index (χ1v) is 4.51. The van der Waals surface area contributed by atoms with Crippen LogP contribution in [0.25, 0.3) is 0 Å². The quantitative estimate of drug-likeness (QED) is 0.437. The molecule has 0 aliphatic carbocycles. The molecule has 0 saturated carbocycles. The van der Waals surface area contributed by atoms with Crippen LogP contribution >= 0.6 is 0 Å². The predicted molar refractivity (Wildman–Crippen MR) is 48.8 cm³/mol. The van der Waals surface area contributed by atoms with Gasteiger partial charge in [0.2, 0.25) is 0 Å². The van der Waals surface area contributed by atoms with Gasteiger partial charge in [0.15, 0.2) is 6.10 Å². The molecule has 1 atom stereocenters. The van der Waals surface area contributed by atoms with E-state index < -0.39 is 29.2 Å². The zero-order chi connectivity index (χ0) is 11.6. The summed E-state index contributed by atoms with van der Waals surface area (Å²) in [5.74, 6) is -2.40. The van der Waals surface area contributed by atoms with Gasteiger partial charge in [0.25, 0.3) is 11.7 Å². The molecule has 1 fully saturated rings. The van der Waals surface area contributed by atoms with Gasteiger partial charge in [-0.05, 0) is 0 Å². The van der Waals surface area contributed by atoms with Crippen LogP contribution in [0.15, 0.2) is 0 Å². The van der Waals surface area contributed by atoms with Gasteiger partial charge in [0, 0.05) is 5.41 Å². The van der Waals surface area contributed by atoms with Crippen molar-refractivity contribution in [3.05, 3.63) is 0 Å². The summed E-state index contributed by atoms with van der Waals surface area (Å²) in [4.78, 5) is 33.5. The van der Waals surface area contributed by atoms with Gasteiger partial charge in [0.05, 0.1) is 13.2 Å². The summed E-state index contributed by atoms with van der Waals surface area (Å²) in [5.41, 5.74) is -0.912. The van der Waals surface area contributed by atoms with Crippen molar-refractivity contribution in [3.63, 3.8) is 0 Å². The number of aliphatic hydroxyl groups excluding tert-OH is 1. The normalized spacial score (nSPS) is 23.1. The summed E-state index contributed by atoms with van der Waals surface area (Å²) >= 11 is 0. The lowest BCUT2D eigenvalue weighted by molar-refractivity contribution is -0.165. The molecule has 1 rings (SSSR count).